The monoisotopic (exact) mass is 342 g/mol. The molecule has 132 valence electrons. The summed E-state index contributed by atoms with van der Waals surface area (Å²) in [4.78, 5) is 35.0. The van der Waals surface area contributed by atoms with Gasteiger partial charge in [-0.15, -0.1) is 0 Å². The Hall–Kier alpha value is -2.51. The van der Waals surface area contributed by atoms with E-state index in [0.717, 1.165) is 12.1 Å². The number of nitrogens with two attached hydrogens (primary N) is 1. The Bertz CT molecular complexity index is 602. The van der Waals surface area contributed by atoms with Gasteiger partial charge in [-0.25, -0.2) is 8.78 Å². The molecule has 1 rings (SSSR count). The van der Waals surface area contributed by atoms with Gasteiger partial charge in [0.15, 0.2) is 0 Å². The fourth-order valence-corrected chi connectivity index (χ4v) is 2.22. The third kappa shape index (κ3) is 6.31. The molecule has 6 nitrogen and oxygen atoms in total. The highest BCUT2D eigenvalue weighted by Gasteiger charge is 2.27. The van der Waals surface area contributed by atoms with E-state index in [9.17, 15) is 23.2 Å². The summed E-state index contributed by atoms with van der Waals surface area (Å²) in [6.45, 7) is 3.41. The molecule has 2 amide bonds. The van der Waals surface area contributed by atoms with Gasteiger partial charge in [-0.1, -0.05) is 6.92 Å². The highest BCUT2D eigenvalue weighted by atomic mass is 19.1. The minimum Gasteiger partial charge on any atom is -0.466 e. The van der Waals surface area contributed by atoms with Crippen LogP contribution in [0, 0.1) is 17.6 Å². The molecule has 3 N–H and O–H groups in total. The summed E-state index contributed by atoms with van der Waals surface area (Å²) in [5.74, 6) is -4.17. The molecule has 0 saturated carbocycles. The molecule has 24 heavy (non-hydrogen) atoms. The van der Waals surface area contributed by atoms with Crippen LogP contribution in [-0.2, 0) is 25.5 Å². The highest BCUT2D eigenvalue weighted by molar-refractivity contribution is 5.88. The van der Waals surface area contributed by atoms with Crippen LogP contribution >= 0.6 is 0 Å². The number of hydrogen-bond donors (Lipinski definition) is 2. The van der Waals surface area contributed by atoms with Crippen molar-refractivity contribution in [2.24, 2.45) is 11.7 Å². The van der Waals surface area contributed by atoms with Gasteiger partial charge in [0.1, 0.15) is 17.7 Å². The Morgan fingerprint density at radius 2 is 1.79 bits per heavy atom. The maximum Gasteiger partial charge on any atom is 0.306 e. The van der Waals surface area contributed by atoms with E-state index in [2.05, 4.69) is 5.32 Å². The number of nitrogens with one attached hydrogen (secondary N) is 1. The van der Waals surface area contributed by atoms with Crippen LogP contribution in [0.4, 0.5) is 8.78 Å². The van der Waals surface area contributed by atoms with Crippen molar-refractivity contribution in [1.82, 2.24) is 5.32 Å². The molecule has 0 spiro atoms. The standard InChI is InChI=1S/C16H20F2N2O4/c1-3-24-14(22)4-9(2)15(16(19)23)20-13(21)7-10-5-11(17)8-12(18)6-10/h5-6,8-9,15H,3-4,7H2,1-2H3,(H2,19,23)(H,20,21)/t9-,15+/m0/s1. The maximum absolute atomic E-state index is 13.1. The van der Waals surface area contributed by atoms with Crippen LogP contribution in [0.15, 0.2) is 18.2 Å². The van der Waals surface area contributed by atoms with Crippen molar-refractivity contribution < 1.29 is 27.9 Å². The third-order valence-corrected chi connectivity index (χ3v) is 3.27. The second-order valence-corrected chi connectivity index (χ2v) is 5.39. The summed E-state index contributed by atoms with van der Waals surface area (Å²) in [6.07, 6.45) is -0.430. The number of carbonyl (C=O) groups is 3. The van der Waals surface area contributed by atoms with Crippen molar-refractivity contribution in [3.8, 4) is 0 Å². The molecule has 0 radical (unpaired) electrons. The summed E-state index contributed by atoms with van der Waals surface area (Å²) >= 11 is 0. The van der Waals surface area contributed by atoms with Gasteiger partial charge in [0.05, 0.1) is 19.4 Å². The number of hydrogen-bond acceptors (Lipinski definition) is 4. The van der Waals surface area contributed by atoms with Gasteiger partial charge in [-0.3, -0.25) is 14.4 Å². The average molecular weight is 342 g/mol. The first-order valence-corrected chi connectivity index (χ1v) is 7.42. The number of primary amides is 1. The van der Waals surface area contributed by atoms with Gasteiger partial charge in [-0.2, -0.15) is 0 Å². The van der Waals surface area contributed by atoms with Crippen molar-refractivity contribution >= 4 is 17.8 Å². The van der Waals surface area contributed by atoms with Crippen LogP contribution in [0.25, 0.3) is 0 Å². The maximum atomic E-state index is 13.1. The zero-order chi connectivity index (χ0) is 18.3. The van der Waals surface area contributed by atoms with Crippen molar-refractivity contribution in [3.05, 3.63) is 35.4 Å². The first kappa shape index (κ1) is 19.5. The van der Waals surface area contributed by atoms with Crippen molar-refractivity contribution in [3.63, 3.8) is 0 Å². The first-order chi connectivity index (χ1) is 11.2. The summed E-state index contributed by atoms with van der Waals surface area (Å²) in [5, 5.41) is 2.38. The first-order valence-electron chi connectivity index (χ1n) is 7.42. The zero-order valence-electron chi connectivity index (χ0n) is 13.5. The molecule has 1 aromatic rings. The SMILES string of the molecule is CCOC(=O)C[C@H](C)[C@@H](NC(=O)Cc1cc(F)cc(F)c1)C(N)=O. The third-order valence-electron chi connectivity index (χ3n) is 3.27. The molecular formula is C16H20F2N2O4. The summed E-state index contributed by atoms with van der Waals surface area (Å²) < 4.78 is 31.0. The Kier molecular flexibility index (Phi) is 7.29. The van der Waals surface area contributed by atoms with Crippen LogP contribution in [0.2, 0.25) is 0 Å². The molecular weight excluding hydrogens is 322 g/mol. The van der Waals surface area contributed by atoms with E-state index in [1.54, 1.807) is 13.8 Å². The topological polar surface area (TPSA) is 98.5 Å². The minimum atomic E-state index is -1.10. The summed E-state index contributed by atoms with van der Waals surface area (Å²) in [6, 6.07) is 1.63. The van der Waals surface area contributed by atoms with Gasteiger partial charge < -0.3 is 15.8 Å². The number of rotatable bonds is 8. The Morgan fingerprint density at radius 3 is 2.29 bits per heavy atom. The van der Waals surface area contributed by atoms with Crippen LogP contribution in [0.1, 0.15) is 25.8 Å². The lowest BCUT2D eigenvalue weighted by Crippen LogP contribution is -2.49. The lowest BCUT2D eigenvalue weighted by atomic mass is 9.97. The average Bonchev–Trinajstić information content (AvgIpc) is 2.43. The number of ether oxygens (including phenoxy) is 1. The van der Waals surface area contributed by atoms with Crippen LogP contribution in [0.3, 0.4) is 0 Å². The van der Waals surface area contributed by atoms with E-state index in [0.29, 0.717) is 6.07 Å². The largest absolute Gasteiger partial charge is 0.466 e. The minimum absolute atomic E-state index is 0.101. The van der Waals surface area contributed by atoms with Gasteiger partial charge in [0.2, 0.25) is 11.8 Å². The van der Waals surface area contributed by atoms with E-state index >= 15 is 0 Å². The molecule has 2 atom stereocenters. The molecule has 0 heterocycles. The van der Waals surface area contributed by atoms with Crippen molar-refractivity contribution in [2.75, 3.05) is 6.61 Å². The smallest absolute Gasteiger partial charge is 0.306 e. The molecule has 8 heteroatoms. The summed E-state index contributed by atoms with van der Waals surface area (Å²) in [7, 11) is 0. The van der Waals surface area contributed by atoms with Gasteiger partial charge >= 0.3 is 5.97 Å². The molecule has 0 fully saturated rings. The predicted octanol–water partition coefficient (Wildman–Crippen LogP) is 1.07. The fourth-order valence-electron chi connectivity index (χ4n) is 2.22. The number of amides is 2. The van der Waals surface area contributed by atoms with Crippen LogP contribution < -0.4 is 11.1 Å². The van der Waals surface area contributed by atoms with Crippen molar-refractivity contribution in [2.45, 2.75) is 32.7 Å². The molecule has 0 aliphatic carbocycles. The Morgan fingerprint density at radius 1 is 1.21 bits per heavy atom. The van der Waals surface area contributed by atoms with E-state index in [4.69, 9.17) is 10.5 Å². The molecule has 0 bridgehead atoms. The fraction of sp³-hybridized carbons (Fsp3) is 0.438. The number of benzene rings is 1. The Labute approximate surface area is 138 Å². The number of halogens is 2. The van der Waals surface area contributed by atoms with E-state index in [1.807, 2.05) is 0 Å². The molecule has 1 aromatic carbocycles. The van der Waals surface area contributed by atoms with Crippen LogP contribution in [0.5, 0.6) is 0 Å². The molecule has 0 aliphatic rings. The quantitative estimate of drug-likeness (QED) is 0.690. The second-order valence-electron chi connectivity index (χ2n) is 5.39. The highest BCUT2D eigenvalue weighted by Crippen LogP contribution is 2.12. The van der Waals surface area contributed by atoms with E-state index in [1.165, 1.54) is 0 Å². The number of esters is 1. The lowest BCUT2D eigenvalue weighted by molar-refractivity contribution is -0.144. The van der Waals surface area contributed by atoms with Crippen molar-refractivity contribution in [1.29, 1.82) is 0 Å². The molecule has 0 unspecified atom stereocenters. The summed E-state index contributed by atoms with van der Waals surface area (Å²) in [5.41, 5.74) is 5.37. The van der Waals surface area contributed by atoms with E-state index < -0.39 is 41.4 Å². The normalized spacial score (nSPS) is 13.0. The Balaban J connectivity index is 2.71. The molecule has 0 aromatic heterocycles. The molecule has 0 saturated heterocycles. The van der Waals surface area contributed by atoms with E-state index in [-0.39, 0.29) is 25.0 Å². The molecule has 0 aliphatic heterocycles. The predicted molar refractivity (Wildman–Crippen MR) is 81.6 cm³/mol. The van der Waals surface area contributed by atoms with Gasteiger partial charge in [-0.05, 0) is 30.5 Å². The zero-order valence-corrected chi connectivity index (χ0v) is 13.5. The van der Waals surface area contributed by atoms with Gasteiger partial charge in [0.25, 0.3) is 0 Å². The second kappa shape index (κ2) is 8.95. The van der Waals surface area contributed by atoms with Crippen LogP contribution in [-0.4, -0.2) is 30.4 Å². The van der Waals surface area contributed by atoms with Gasteiger partial charge in [0, 0.05) is 6.07 Å². The number of carbonyl (C=O) groups excluding carboxylic acids is 3. The lowest BCUT2D eigenvalue weighted by Gasteiger charge is -2.21.